The molecule has 0 heterocycles. The van der Waals surface area contributed by atoms with Crippen molar-refractivity contribution in [3.05, 3.63) is 30.1 Å². The fraction of sp³-hybridized carbons (Fsp3) is 0.611. The van der Waals surface area contributed by atoms with Gasteiger partial charge in [-0.3, -0.25) is 4.79 Å². The number of nitrogens with one attached hydrogen (secondary N) is 2. The zero-order valence-electron chi connectivity index (χ0n) is 15.2. The molecule has 1 aromatic carbocycles. The summed E-state index contributed by atoms with van der Waals surface area (Å²) in [6.45, 7) is 2.10. The first-order valence-electron chi connectivity index (χ1n) is 8.91. The molecular formula is C18H27FN2O3S2. The summed E-state index contributed by atoms with van der Waals surface area (Å²) in [6, 6.07) is 4.32. The summed E-state index contributed by atoms with van der Waals surface area (Å²) in [5.74, 6) is -0.169. The van der Waals surface area contributed by atoms with E-state index >= 15 is 0 Å². The molecule has 3 atom stereocenters. The summed E-state index contributed by atoms with van der Waals surface area (Å²) in [7, 11) is -4.12. The van der Waals surface area contributed by atoms with E-state index in [1.54, 1.807) is 0 Å². The summed E-state index contributed by atoms with van der Waals surface area (Å²) in [5.41, 5.74) is 0. The Balaban J connectivity index is 2.13. The summed E-state index contributed by atoms with van der Waals surface area (Å²) < 4.78 is 41.4. The molecule has 1 aromatic rings. The lowest BCUT2D eigenvalue weighted by Crippen LogP contribution is -2.51. The monoisotopic (exact) mass is 402 g/mol. The van der Waals surface area contributed by atoms with Crippen LogP contribution in [0.15, 0.2) is 29.2 Å². The molecule has 1 amide bonds. The molecule has 8 heteroatoms. The third-order valence-electron chi connectivity index (χ3n) is 4.79. The first-order chi connectivity index (χ1) is 12.3. The van der Waals surface area contributed by atoms with Crippen LogP contribution in [0, 0.1) is 11.7 Å². The van der Waals surface area contributed by atoms with Gasteiger partial charge in [0.05, 0.1) is 0 Å². The number of hydrogen-bond donors (Lipinski definition) is 2. The molecule has 2 N–H and O–H groups in total. The molecule has 0 aliphatic heterocycles. The molecule has 5 nitrogen and oxygen atoms in total. The van der Waals surface area contributed by atoms with Gasteiger partial charge in [0.15, 0.2) is 0 Å². The van der Waals surface area contributed by atoms with E-state index in [-0.39, 0.29) is 11.9 Å². The Morgan fingerprint density at radius 1 is 1.31 bits per heavy atom. The van der Waals surface area contributed by atoms with Crippen LogP contribution in [-0.2, 0) is 14.8 Å². The van der Waals surface area contributed by atoms with Crippen LogP contribution in [0.1, 0.15) is 39.0 Å². The van der Waals surface area contributed by atoms with Gasteiger partial charge in [0.2, 0.25) is 15.9 Å². The molecule has 1 aliphatic rings. The van der Waals surface area contributed by atoms with Crippen molar-refractivity contribution in [2.75, 3.05) is 12.0 Å². The number of rotatable bonds is 8. The van der Waals surface area contributed by atoms with E-state index < -0.39 is 26.8 Å². The van der Waals surface area contributed by atoms with E-state index in [4.69, 9.17) is 0 Å². The number of sulfonamides is 1. The molecule has 0 spiro atoms. The molecule has 0 saturated heterocycles. The number of benzene rings is 1. The maximum Gasteiger partial charge on any atom is 0.244 e. The van der Waals surface area contributed by atoms with E-state index in [1.807, 2.05) is 6.26 Å². The Hall–Kier alpha value is -1.12. The van der Waals surface area contributed by atoms with Crippen LogP contribution >= 0.6 is 11.8 Å². The highest BCUT2D eigenvalue weighted by atomic mass is 32.2. The highest BCUT2D eigenvalue weighted by Gasteiger charge is 2.30. The third kappa shape index (κ3) is 5.69. The normalized spacial score (nSPS) is 22.0. The van der Waals surface area contributed by atoms with E-state index in [0.717, 1.165) is 31.7 Å². The van der Waals surface area contributed by atoms with E-state index in [9.17, 15) is 17.6 Å². The SMILES string of the molecule is CSCCC(NS(=O)(=O)c1ccccc1F)C(=O)NC1CCCCC1C. The van der Waals surface area contributed by atoms with Gasteiger partial charge in [-0.15, -0.1) is 0 Å². The minimum atomic E-state index is -4.12. The summed E-state index contributed by atoms with van der Waals surface area (Å²) >= 11 is 1.53. The zero-order valence-corrected chi connectivity index (χ0v) is 16.8. The fourth-order valence-electron chi connectivity index (χ4n) is 3.21. The second-order valence-corrected chi connectivity index (χ2v) is 9.43. The molecule has 2 rings (SSSR count). The first-order valence-corrected chi connectivity index (χ1v) is 11.8. The van der Waals surface area contributed by atoms with Crippen LogP contribution in [0.5, 0.6) is 0 Å². The van der Waals surface area contributed by atoms with Gasteiger partial charge in [0.25, 0.3) is 0 Å². The Bertz CT molecular complexity index is 712. The van der Waals surface area contributed by atoms with Gasteiger partial charge in [-0.2, -0.15) is 16.5 Å². The van der Waals surface area contributed by atoms with Gasteiger partial charge < -0.3 is 5.32 Å². The molecule has 1 aliphatic carbocycles. The van der Waals surface area contributed by atoms with Crippen LogP contribution in [0.3, 0.4) is 0 Å². The number of carbonyl (C=O) groups is 1. The second-order valence-electron chi connectivity index (χ2n) is 6.76. The number of carbonyl (C=O) groups excluding carboxylic acids is 1. The maximum absolute atomic E-state index is 13.9. The minimum absolute atomic E-state index is 0.0611. The van der Waals surface area contributed by atoms with E-state index in [0.29, 0.717) is 18.1 Å². The summed E-state index contributed by atoms with van der Waals surface area (Å²) in [4.78, 5) is 12.3. The smallest absolute Gasteiger partial charge is 0.244 e. The average Bonchev–Trinajstić information content (AvgIpc) is 2.60. The molecule has 146 valence electrons. The number of amides is 1. The Morgan fingerprint density at radius 2 is 2.00 bits per heavy atom. The lowest BCUT2D eigenvalue weighted by molar-refractivity contribution is -0.124. The van der Waals surface area contributed by atoms with Crippen LogP contribution in [0.25, 0.3) is 0 Å². The van der Waals surface area contributed by atoms with Gasteiger partial charge >= 0.3 is 0 Å². The molecule has 3 unspecified atom stereocenters. The minimum Gasteiger partial charge on any atom is -0.352 e. The Labute approximate surface area is 159 Å². The Kier molecular flexibility index (Phi) is 7.91. The van der Waals surface area contributed by atoms with E-state index in [1.165, 1.54) is 30.0 Å². The van der Waals surface area contributed by atoms with Crippen molar-refractivity contribution < 1.29 is 17.6 Å². The molecule has 1 saturated carbocycles. The van der Waals surface area contributed by atoms with Crippen LogP contribution in [-0.4, -0.2) is 38.4 Å². The van der Waals surface area contributed by atoms with Crippen molar-refractivity contribution >= 4 is 27.7 Å². The molecule has 0 radical (unpaired) electrons. The van der Waals surface area contributed by atoms with Crippen molar-refractivity contribution in [1.82, 2.24) is 10.0 Å². The standard InChI is InChI=1S/C18H27FN2O3S2/c1-13-7-3-5-9-15(13)20-18(22)16(11-12-25-2)21-26(23,24)17-10-6-4-8-14(17)19/h4,6,8,10,13,15-16,21H,3,5,7,9,11-12H2,1-2H3,(H,20,22). The van der Waals surface area contributed by atoms with Crippen LogP contribution in [0.4, 0.5) is 4.39 Å². The molecule has 26 heavy (non-hydrogen) atoms. The molecule has 0 aromatic heterocycles. The van der Waals surface area contributed by atoms with Crippen molar-refractivity contribution in [2.24, 2.45) is 5.92 Å². The van der Waals surface area contributed by atoms with Gasteiger partial charge in [-0.1, -0.05) is 31.9 Å². The first kappa shape index (κ1) is 21.2. The predicted molar refractivity (Wildman–Crippen MR) is 103 cm³/mol. The Morgan fingerprint density at radius 3 is 2.65 bits per heavy atom. The number of halogens is 1. The van der Waals surface area contributed by atoms with Gasteiger partial charge in [0.1, 0.15) is 16.8 Å². The topological polar surface area (TPSA) is 75.3 Å². The largest absolute Gasteiger partial charge is 0.352 e. The fourth-order valence-corrected chi connectivity index (χ4v) is 4.99. The van der Waals surface area contributed by atoms with Crippen molar-refractivity contribution in [1.29, 1.82) is 0 Å². The zero-order chi connectivity index (χ0) is 19.2. The molecule has 1 fully saturated rings. The predicted octanol–water partition coefficient (Wildman–Crippen LogP) is 2.92. The number of thioether (sulfide) groups is 1. The summed E-state index contributed by atoms with van der Waals surface area (Å²) in [6.07, 6.45) is 6.42. The van der Waals surface area contributed by atoms with Gasteiger partial charge in [-0.05, 0) is 49.3 Å². The highest BCUT2D eigenvalue weighted by molar-refractivity contribution is 7.98. The molecule has 0 bridgehead atoms. The van der Waals surface area contributed by atoms with Crippen molar-refractivity contribution in [2.45, 2.75) is 56.0 Å². The average molecular weight is 403 g/mol. The third-order valence-corrected chi connectivity index (χ3v) is 6.94. The lowest BCUT2D eigenvalue weighted by atomic mass is 9.86. The maximum atomic E-state index is 13.9. The second kappa shape index (κ2) is 9.71. The van der Waals surface area contributed by atoms with Crippen molar-refractivity contribution in [3.63, 3.8) is 0 Å². The highest BCUT2D eigenvalue weighted by Crippen LogP contribution is 2.24. The van der Waals surface area contributed by atoms with Gasteiger partial charge in [-0.25, -0.2) is 12.8 Å². The lowest BCUT2D eigenvalue weighted by Gasteiger charge is -2.31. The quantitative estimate of drug-likeness (QED) is 0.701. The van der Waals surface area contributed by atoms with Crippen molar-refractivity contribution in [3.8, 4) is 0 Å². The number of hydrogen-bond acceptors (Lipinski definition) is 4. The van der Waals surface area contributed by atoms with E-state index in [2.05, 4.69) is 17.0 Å². The molecular weight excluding hydrogens is 375 g/mol. The van der Waals surface area contributed by atoms with Gasteiger partial charge in [0, 0.05) is 6.04 Å². The van der Waals surface area contributed by atoms with Crippen LogP contribution in [0.2, 0.25) is 0 Å². The summed E-state index contributed by atoms with van der Waals surface area (Å²) in [5, 5.41) is 3.00. The van der Waals surface area contributed by atoms with Crippen LogP contribution < -0.4 is 10.0 Å².